The Morgan fingerprint density at radius 1 is 1.17 bits per heavy atom. The summed E-state index contributed by atoms with van der Waals surface area (Å²) in [5, 5.41) is 10.2. The minimum absolute atomic E-state index is 0.169. The third-order valence-corrected chi connectivity index (χ3v) is 3.25. The standard InChI is InChI=1S/C16H27NO/c1-6-11-17(5)12-15(18)13-7-9-14(10-8-13)16(2,3)4/h7-10,15,18H,6,11-12H2,1-5H3. The fraction of sp³-hybridized carbons (Fsp3) is 0.625. The Kier molecular flexibility index (Phi) is 5.36. The van der Waals surface area contributed by atoms with E-state index in [-0.39, 0.29) is 5.41 Å². The molecule has 1 unspecified atom stereocenters. The number of rotatable bonds is 5. The van der Waals surface area contributed by atoms with Crippen LogP contribution in [0.25, 0.3) is 0 Å². The van der Waals surface area contributed by atoms with Crippen LogP contribution in [0.5, 0.6) is 0 Å². The highest BCUT2D eigenvalue weighted by Gasteiger charge is 2.15. The van der Waals surface area contributed by atoms with Gasteiger partial charge in [-0.05, 0) is 36.6 Å². The van der Waals surface area contributed by atoms with Gasteiger partial charge in [-0.1, -0.05) is 52.0 Å². The zero-order valence-corrected chi connectivity index (χ0v) is 12.4. The van der Waals surface area contributed by atoms with E-state index in [2.05, 4.69) is 51.8 Å². The number of hydrogen-bond donors (Lipinski definition) is 1. The maximum absolute atomic E-state index is 10.2. The first-order chi connectivity index (χ1) is 8.34. The van der Waals surface area contributed by atoms with Crippen LogP contribution in [0, 0.1) is 0 Å². The average Bonchev–Trinajstić information content (AvgIpc) is 2.28. The van der Waals surface area contributed by atoms with E-state index >= 15 is 0 Å². The number of aliphatic hydroxyl groups is 1. The van der Waals surface area contributed by atoms with Crippen LogP contribution in [0.1, 0.15) is 51.3 Å². The molecule has 1 N–H and O–H groups in total. The van der Waals surface area contributed by atoms with Crippen LogP contribution in [0.15, 0.2) is 24.3 Å². The summed E-state index contributed by atoms with van der Waals surface area (Å²) >= 11 is 0. The van der Waals surface area contributed by atoms with Crippen LogP contribution in [0.3, 0.4) is 0 Å². The molecule has 0 aromatic heterocycles. The molecule has 0 bridgehead atoms. The van der Waals surface area contributed by atoms with Crippen LogP contribution in [-0.4, -0.2) is 30.1 Å². The van der Waals surface area contributed by atoms with Crippen LogP contribution < -0.4 is 0 Å². The molecule has 0 aliphatic heterocycles. The third-order valence-electron chi connectivity index (χ3n) is 3.25. The Morgan fingerprint density at radius 2 is 1.72 bits per heavy atom. The molecule has 1 atom stereocenters. The van der Waals surface area contributed by atoms with Gasteiger partial charge in [-0.15, -0.1) is 0 Å². The van der Waals surface area contributed by atoms with Crippen LogP contribution in [0.4, 0.5) is 0 Å². The minimum atomic E-state index is -0.393. The van der Waals surface area contributed by atoms with Crippen molar-refractivity contribution in [1.82, 2.24) is 4.90 Å². The number of benzene rings is 1. The molecule has 0 saturated carbocycles. The number of hydrogen-bond acceptors (Lipinski definition) is 2. The van der Waals surface area contributed by atoms with Gasteiger partial charge in [0.15, 0.2) is 0 Å². The zero-order chi connectivity index (χ0) is 13.8. The van der Waals surface area contributed by atoms with Crippen molar-refractivity contribution >= 4 is 0 Å². The van der Waals surface area contributed by atoms with Gasteiger partial charge < -0.3 is 10.0 Å². The second-order valence-corrected chi connectivity index (χ2v) is 6.15. The fourth-order valence-electron chi connectivity index (χ4n) is 2.08. The highest BCUT2D eigenvalue weighted by atomic mass is 16.3. The fourth-order valence-corrected chi connectivity index (χ4v) is 2.08. The van der Waals surface area contributed by atoms with Gasteiger partial charge in [-0.25, -0.2) is 0 Å². The van der Waals surface area contributed by atoms with Gasteiger partial charge in [-0.3, -0.25) is 0 Å². The van der Waals surface area contributed by atoms with Crippen molar-refractivity contribution in [3.63, 3.8) is 0 Å². The Hall–Kier alpha value is -0.860. The molecular weight excluding hydrogens is 222 g/mol. The summed E-state index contributed by atoms with van der Waals surface area (Å²) in [7, 11) is 2.05. The molecule has 1 rings (SSSR count). The summed E-state index contributed by atoms with van der Waals surface area (Å²) in [5.74, 6) is 0. The van der Waals surface area contributed by atoms with Gasteiger partial charge >= 0.3 is 0 Å². The average molecular weight is 249 g/mol. The maximum atomic E-state index is 10.2. The molecule has 0 amide bonds. The molecule has 0 heterocycles. The van der Waals surface area contributed by atoms with Crippen molar-refractivity contribution in [3.05, 3.63) is 35.4 Å². The smallest absolute Gasteiger partial charge is 0.0916 e. The van der Waals surface area contributed by atoms with E-state index in [1.807, 2.05) is 12.1 Å². The van der Waals surface area contributed by atoms with E-state index < -0.39 is 6.10 Å². The monoisotopic (exact) mass is 249 g/mol. The first-order valence-corrected chi connectivity index (χ1v) is 6.81. The molecule has 0 saturated heterocycles. The van der Waals surface area contributed by atoms with Gasteiger partial charge in [0.2, 0.25) is 0 Å². The topological polar surface area (TPSA) is 23.5 Å². The van der Waals surface area contributed by atoms with Crippen molar-refractivity contribution in [3.8, 4) is 0 Å². The second-order valence-electron chi connectivity index (χ2n) is 6.15. The predicted molar refractivity (Wildman–Crippen MR) is 77.9 cm³/mol. The molecule has 2 nitrogen and oxygen atoms in total. The van der Waals surface area contributed by atoms with Crippen LogP contribution in [0.2, 0.25) is 0 Å². The molecule has 0 radical (unpaired) electrons. The molecule has 0 aliphatic rings. The predicted octanol–water partition coefficient (Wildman–Crippen LogP) is 3.36. The molecule has 0 spiro atoms. The van der Waals surface area contributed by atoms with Crippen LogP contribution >= 0.6 is 0 Å². The molecule has 1 aromatic rings. The van der Waals surface area contributed by atoms with E-state index in [1.54, 1.807) is 0 Å². The molecule has 1 aromatic carbocycles. The summed E-state index contributed by atoms with van der Waals surface area (Å²) in [5.41, 5.74) is 2.48. The lowest BCUT2D eigenvalue weighted by molar-refractivity contribution is 0.127. The van der Waals surface area contributed by atoms with E-state index in [9.17, 15) is 5.11 Å². The summed E-state index contributed by atoms with van der Waals surface area (Å²) in [4.78, 5) is 2.17. The number of likely N-dealkylation sites (N-methyl/N-ethyl adjacent to an activating group) is 1. The molecular formula is C16H27NO. The molecule has 2 heteroatoms. The Balaban J connectivity index is 2.67. The normalized spacial score (nSPS) is 13.9. The molecule has 0 aliphatic carbocycles. The Morgan fingerprint density at radius 3 is 2.17 bits per heavy atom. The summed E-state index contributed by atoms with van der Waals surface area (Å²) < 4.78 is 0. The lowest BCUT2D eigenvalue weighted by Crippen LogP contribution is -2.25. The number of nitrogens with zero attached hydrogens (tertiary/aromatic N) is 1. The zero-order valence-electron chi connectivity index (χ0n) is 12.4. The highest BCUT2D eigenvalue weighted by molar-refractivity contribution is 5.28. The van der Waals surface area contributed by atoms with Gasteiger partial charge in [0.05, 0.1) is 6.10 Å². The molecule has 0 fully saturated rings. The van der Waals surface area contributed by atoms with Gasteiger partial charge in [0, 0.05) is 6.54 Å². The lowest BCUT2D eigenvalue weighted by Gasteiger charge is -2.22. The van der Waals surface area contributed by atoms with E-state index in [0.717, 1.165) is 18.5 Å². The largest absolute Gasteiger partial charge is 0.387 e. The lowest BCUT2D eigenvalue weighted by atomic mass is 9.86. The number of aliphatic hydroxyl groups excluding tert-OH is 1. The van der Waals surface area contributed by atoms with Crippen molar-refractivity contribution in [2.75, 3.05) is 20.1 Å². The van der Waals surface area contributed by atoms with Crippen molar-refractivity contribution in [2.24, 2.45) is 0 Å². The molecule has 102 valence electrons. The maximum Gasteiger partial charge on any atom is 0.0916 e. The van der Waals surface area contributed by atoms with Gasteiger partial charge in [0.1, 0.15) is 0 Å². The summed E-state index contributed by atoms with van der Waals surface area (Å²) in [6.07, 6.45) is 0.724. The van der Waals surface area contributed by atoms with Crippen molar-refractivity contribution in [2.45, 2.75) is 45.6 Å². The van der Waals surface area contributed by atoms with Crippen molar-refractivity contribution in [1.29, 1.82) is 0 Å². The van der Waals surface area contributed by atoms with E-state index in [1.165, 1.54) is 5.56 Å². The first kappa shape index (κ1) is 15.2. The summed E-state index contributed by atoms with van der Waals surface area (Å²) in [6.45, 7) is 10.5. The Labute approximate surface area is 112 Å². The third kappa shape index (κ3) is 4.43. The van der Waals surface area contributed by atoms with Gasteiger partial charge in [-0.2, -0.15) is 0 Å². The SMILES string of the molecule is CCCN(C)CC(O)c1ccc(C(C)(C)C)cc1. The molecule has 18 heavy (non-hydrogen) atoms. The van der Waals surface area contributed by atoms with Gasteiger partial charge in [0.25, 0.3) is 0 Å². The first-order valence-electron chi connectivity index (χ1n) is 6.81. The second kappa shape index (κ2) is 6.35. The summed E-state index contributed by atoms with van der Waals surface area (Å²) in [6, 6.07) is 8.34. The van der Waals surface area contributed by atoms with E-state index in [4.69, 9.17) is 0 Å². The highest BCUT2D eigenvalue weighted by Crippen LogP contribution is 2.24. The van der Waals surface area contributed by atoms with Crippen molar-refractivity contribution < 1.29 is 5.11 Å². The quantitative estimate of drug-likeness (QED) is 0.865. The minimum Gasteiger partial charge on any atom is -0.387 e. The van der Waals surface area contributed by atoms with Crippen LogP contribution in [-0.2, 0) is 5.41 Å². The van der Waals surface area contributed by atoms with E-state index in [0.29, 0.717) is 6.54 Å². The Bertz CT molecular complexity index is 350.